The van der Waals surface area contributed by atoms with E-state index >= 15 is 0 Å². The SMILES string of the molecule is CN=C(NC)NCC(O)c1ccc([N+](=O)[O-])cc1. The smallest absolute Gasteiger partial charge is 0.269 e. The number of nitrogens with one attached hydrogen (secondary N) is 2. The van der Waals surface area contributed by atoms with Gasteiger partial charge in [0.1, 0.15) is 0 Å². The normalized spacial score (nSPS) is 12.9. The first-order valence-electron chi connectivity index (χ1n) is 5.39. The van der Waals surface area contributed by atoms with E-state index in [0.29, 0.717) is 11.5 Å². The molecule has 18 heavy (non-hydrogen) atoms. The summed E-state index contributed by atoms with van der Waals surface area (Å²) < 4.78 is 0. The highest BCUT2D eigenvalue weighted by molar-refractivity contribution is 5.79. The number of nitro benzene ring substituents is 1. The minimum Gasteiger partial charge on any atom is -0.387 e. The lowest BCUT2D eigenvalue weighted by Gasteiger charge is -2.13. The van der Waals surface area contributed by atoms with E-state index in [1.165, 1.54) is 24.3 Å². The van der Waals surface area contributed by atoms with Crippen LogP contribution in [0.15, 0.2) is 29.3 Å². The van der Waals surface area contributed by atoms with Crippen LogP contribution in [0.4, 0.5) is 5.69 Å². The second-order valence-corrected chi connectivity index (χ2v) is 3.57. The van der Waals surface area contributed by atoms with Gasteiger partial charge in [-0.2, -0.15) is 0 Å². The van der Waals surface area contributed by atoms with Crippen molar-refractivity contribution in [3.05, 3.63) is 39.9 Å². The molecule has 0 saturated heterocycles. The molecule has 1 aromatic rings. The predicted octanol–water partition coefficient (Wildman–Crippen LogP) is 0.423. The lowest BCUT2D eigenvalue weighted by atomic mass is 10.1. The molecule has 0 spiro atoms. The molecule has 1 aromatic carbocycles. The zero-order chi connectivity index (χ0) is 13.5. The third kappa shape index (κ3) is 3.70. The number of nitrogens with zero attached hydrogens (tertiary/aromatic N) is 2. The molecule has 0 aliphatic rings. The van der Waals surface area contributed by atoms with Gasteiger partial charge in [0.2, 0.25) is 0 Å². The van der Waals surface area contributed by atoms with E-state index < -0.39 is 11.0 Å². The second kappa shape index (κ2) is 6.55. The Kier molecular flexibility index (Phi) is 5.06. The molecule has 7 heteroatoms. The molecule has 7 nitrogen and oxygen atoms in total. The summed E-state index contributed by atoms with van der Waals surface area (Å²) in [6.07, 6.45) is -0.754. The topological polar surface area (TPSA) is 99.8 Å². The number of benzene rings is 1. The van der Waals surface area contributed by atoms with Crippen molar-refractivity contribution in [2.45, 2.75) is 6.10 Å². The second-order valence-electron chi connectivity index (χ2n) is 3.57. The molecule has 0 heterocycles. The summed E-state index contributed by atoms with van der Waals surface area (Å²) in [5, 5.41) is 26.1. The van der Waals surface area contributed by atoms with E-state index in [4.69, 9.17) is 0 Å². The van der Waals surface area contributed by atoms with Gasteiger partial charge in [-0.3, -0.25) is 15.1 Å². The minimum absolute atomic E-state index is 0.00458. The van der Waals surface area contributed by atoms with Crippen molar-refractivity contribution in [1.29, 1.82) is 0 Å². The molecule has 1 rings (SSSR count). The molecule has 0 aromatic heterocycles. The Morgan fingerprint density at radius 3 is 2.56 bits per heavy atom. The van der Waals surface area contributed by atoms with Crippen LogP contribution in [0.1, 0.15) is 11.7 Å². The van der Waals surface area contributed by atoms with E-state index in [1.807, 2.05) is 0 Å². The number of hydrogen-bond acceptors (Lipinski definition) is 4. The van der Waals surface area contributed by atoms with Gasteiger partial charge in [0.25, 0.3) is 5.69 Å². The summed E-state index contributed by atoms with van der Waals surface area (Å²) in [6, 6.07) is 5.80. The maximum absolute atomic E-state index is 10.5. The highest BCUT2D eigenvalue weighted by atomic mass is 16.6. The zero-order valence-corrected chi connectivity index (χ0v) is 10.3. The zero-order valence-electron chi connectivity index (χ0n) is 10.3. The fraction of sp³-hybridized carbons (Fsp3) is 0.364. The van der Waals surface area contributed by atoms with Crippen LogP contribution in [-0.4, -0.2) is 36.6 Å². The number of guanidine groups is 1. The van der Waals surface area contributed by atoms with E-state index in [-0.39, 0.29) is 12.2 Å². The van der Waals surface area contributed by atoms with E-state index in [2.05, 4.69) is 15.6 Å². The number of aliphatic imine (C=N–C) groups is 1. The first kappa shape index (κ1) is 13.9. The Labute approximate surface area is 105 Å². The van der Waals surface area contributed by atoms with Crippen molar-refractivity contribution in [3.8, 4) is 0 Å². The van der Waals surface area contributed by atoms with Gasteiger partial charge in [-0.05, 0) is 17.7 Å². The average molecular weight is 252 g/mol. The highest BCUT2D eigenvalue weighted by Gasteiger charge is 2.10. The number of aliphatic hydroxyl groups excluding tert-OH is 1. The summed E-state index contributed by atoms with van der Waals surface area (Å²) in [6.45, 7) is 0.269. The van der Waals surface area contributed by atoms with Gasteiger partial charge < -0.3 is 15.7 Å². The largest absolute Gasteiger partial charge is 0.387 e. The van der Waals surface area contributed by atoms with Gasteiger partial charge >= 0.3 is 0 Å². The van der Waals surface area contributed by atoms with Crippen LogP contribution in [0.5, 0.6) is 0 Å². The Morgan fingerprint density at radius 2 is 2.11 bits per heavy atom. The quantitative estimate of drug-likeness (QED) is 0.312. The third-order valence-electron chi connectivity index (χ3n) is 2.41. The van der Waals surface area contributed by atoms with Gasteiger partial charge in [-0.25, -0.2) is 0 Å². The monoisotopic (exact) mass is 252 g/mol. The van der Waals surface area contributed by atoms with E-state index in [9.17, 15) is 15.2 Å². The van der Waals surface area contributed by atoms with Crippen molar-refractivity contribution in [2.24, 2.45) is 4.99 Å². The van der Waals surface area contributed by atoms with E-state index in [0.717, 1.165) is 0 Å². The summed E-state index contributed by atoms with van der Waals surface area (Å²) in [5.41, 5.74) is 0.615. The molecule has 0 fully saturated rings. The molecule has 1 atom stereocenters. The molecule has 1 unspecified atom stereocenters. The molecule has 3 N–H and O–H groups in total. The van der Waals surface area contributed by atoms with Crippen LogP contribution in [0.2, 0.25) is 0 Å². The molecule has 0 aliphatic heterocycles. The molecule has 0 aliphatic carbocycles. The summed E-state index contributed by atoms with van der Waals surface area (Å²) in [4.78, 5) is 13.9. The third-order valence-corrected chi connectivity index (χ3v) is 2.41. The Bertz CT molecular complexity index is 430. The maximum Gasteiger partial charge on any atom is 0.269 e. The summed E-state index contributed by atoms with van der Waals surface area (Å²) >= 11 is 0. The van der Waals surface area contributed by atoms with Gasteiger partial charge in [0.15, 0.2) is 5.96 Å². The Hall–Kier alpha value is -2.15. The minimum atomic E-state index is -0.754. The first-order valence-corrected chi connectivity index (χ1v) is 5.39. The van der Waals surface area contributed by atoms with Crippen LogP contribution in [0, 0.1) is 10.1 Å². The van der Waals surface area contributed by atoms with E-state index in [1.54, 1.807) is 14.1 Å². The fourth-order valence-electron chi connectivity index (χ4n) is 1.41. The van der Waals surface area contributed by atoms with Gasteiger partial charge in [0, 0.05) is 32.8 Å². The first-order chi connectivity index (χ1) is 8.58. The number of aliphatic hydroxyl groups is 1. The van der Waals surface area contributed by atoms with Crippen molar-refractivity contribution in [2.75, 3.05) is 20.6 Å². The van der Waals surface area contributed by atoms with Crippen molar-refractivity contribution < 1.29 is 10.0 Å². The lowest BCUT2D eigenvalue weighted by Crippen LogP contribution is -2.37. The summed E-state index contributed by atoms with van der Waals surface area (Å²) in [7, 11) is 3.34. The van der Waals surface area contributed by atoms with Crippen LogP contribution in [0.25, 0.3) is 0 Å². The standard InChI is InChI=1S/C11H16N4O3/c1-12-11(13-2)14-7-10(16)8-3-5-9(6-4-8)15(17)18/h3-6,10,16H,7H2,1-2H3,(H2,12,13,14). The number of nitro groups is 1. The molecule has 0 saturated carbocycles. The lowest BCUT2D eigenvalue weighted by molar-refractivity contribution is -0.384. The number of non-ortho nitro benzene ring substituents is 1. The maximum atomic E-state index is 10.5. The molecule has 0 amide bonds. The Balaban J connectivity index is 2.61. The molecular weight excluding hydrogens is 236 g/mol. The van der Waals surface area contributed by atoms with Crippen LogP contribution < -0.4 is 10.6 Å². The van der Waals surface area contributed by atoms with Crippen molar-refractivity contribution in [3.63, 3.8) is 0 Å². The van der Waals surface area contributed by atoms with Gasteiger partial charge in [0.05, 0.1) is 11.0 Å². The predicted molar refractivity (Wildman–Crippen MR) is 68.5 cm³/mol. The van der Waals surface area contributed by atoms with Crippen LogP contribution in [-0.2, 0) is 0 Å². The van der Waals surface area contributed by atoms with Crippen molar-refractivity contribution in [1.82, 2.24) is 10.6 Å². The van der Waals surface area contributed by atoms with Gasteiger partial charge in [-0.1, -0.05) is 0 Å². The average Bonchev–Trinajstić information content (AvgIpc) is 2.39. The van der Waals surface area contributed by atoms with Crippen molar-refractivity contribution >= 4 is 11.6 Å². The number of rotatable bonds is 4. The molecular formula is C11H16N4O3. The summed E-state index contributed by atoms with van der Waals surface area (Å²) in [5.74, 6) is 0.566. The van der Waals surface area contributed by atoms with Crippen LogP contribution >= 0.6 is 0 Å². The van der Waals surface area contributed by atoms with Crippen LogP contribution in [0.3, 0.4) is 0 Å². The van der Waals surface area contributed by atoms with Gasteiger partial charge in [-0.15, -0.1) is 0 Å². The fourth-order valence-corrected chi connectivity index (χ4v) is 1.41. The molecule has 0 radical (unpaired) electrons. The number of hydrogen-bond donors (Lipinski definition) is 3. The Morgan fingerprint density at radius 1 is 1.50 bits per heavy atom. The molecule has 98 valence electrons. The highest BCUT2D eigenvalue weighted by Crippen LogP contribution is 2.17. The molecule has 0 bridgehead atoms.